The molecule has 7 rings (SSSR count). The van der Waals surface area contributed by atoms with Crippen molar-refractivity contribution in [2.75, 3.05) is 4.90 Å². The molecular formula is C53H49N. The predicted octanol–water partition coefficient (Wildman–Crippen LogP) is 14.5. The van der Waals surface area contributed by atoms with Crippen LogP contribution in [-0.2, 0) is 0 Å². The average Bonchev–Trinajstić information content (AvgIpc) is 3.18. The van der Waals surface area contributed by atoms with Gasteiger partial charge in [-0.05, 0) is 122 Å². The van der Waals surface area contributed by atoms with Crippen LogP contribution < -0.4 is 4.90 Å². The summed E-state index contributed by atoms with van der Waals surface area (Å²) in [6.45, 7) is 13.0. The summed E-state index contributed by atoms with van der Waals surface area (Å²) < 4.78 is 0. The molecular weight excluding hydrogens is 651 g/mol. The lowest BCUT2D eigenvalue weighted by atomic mass is 9.82. The van der Waals surface area contributed by atoms with Crippen molar-refractivity contribution in [2.24, 2.45) is 0 Å². The monoisotopic (exact) mass is 699 g/mol. The van der Waals surface area contributed by atoms with E-state index in [2.05, 4.69) is 228 Å². The summed E-state index contributed by atoms with van der Waals surface area (Å²) in [6.07, 6.45) is 8.76. The second-order valence-electron chi connectivity index (χ2n) is 14.8. The number of rotatable bonds is 10. The third-order valence-electron chi connectivity index (χ3n) is 10.3. The second-order valence-corrected chi connectivity index (χ2v) is 14.8. The highest BCUT2D eigenvalue weighted by Gasteiger charge is 2.19. The lowest BCUT2D eigenvalue weighted by Crippen LogP contribution is -2.11. The maximum absolute atomic E-state index is 2.34. The van der Waals surface area contributed by atoms with Gasteiger partial charge in [0, 0.05) is 23.0 Å². The minimum atomic E-state index is 0.194. The van der Waals surface area contributed by atoms with Crippen molar-refractivity contribution >= 4 is 41.4 Å². The van der Waals surface area contributed by atoms with Gasteiger partial charge in [0.15, 0.2) is 0 Å². The fourth-order valence-electron chi connectivity index (χ4n) is 7.27. The lowest BCUT2D eigenvalue weighted by Gasteiger charge is -2.27. The van der Waals surface area contributed by atoms with E-state index in [1.54, 1.807) is 0 Å². The first-order valence-corrected chi connectivity index (χ1v) is 18.9. The molecule has 1 unspecified atom stereocenters. The lowest BCUT2D eigenvalue weighted by molar-refractivity contribution is 0.959. The Kier molecular flexibility index (Phi) is 10.9. The minimum Gasteiger partial charge on any atom is -0.310 e. The standard InChI is InChI=1S/C53H49N/c1-37-7-25-47(26-8-37)53(51-33-11-39(3)35-41(51)5)48-27-21-45(22-28-48)19-17-43-13-15-44(16-14-43)18-20-46-23-31-50(32-24-46)54(49-29-9-38(2)10-30-49)52-34-12-40(4)36-42(52)6/h7-36,53H,1-6H3. The van der Waals surface area contributed by atoms with Crippen LogP contribution in [0, 0.1) is 41.5 Å². The molecule has 1 nitrogen and oxygen atoms in total. The van der Waals surface area contributed by atoms with Gasteiger partial charge in [-0.1, -0.05) is 174 Å². The quantitative estimate of drug-likeness (QED) is 0.101. The topological polar surface area (TPSA) is 3.24 Å². The zero-order valence-corrected chi connectivity index (χ0v) is 32.3. The third-order valence-corrected chi connectivity index (χ3v) is 10.3. The number of aryl methyl sites for hydroxylation is 6. The van der Waals surface area contributed by atoms with Gasteiger partial charge in [0.25, 0.3) is 0 Å². The zero-order valence-electron chi connectivity index (χ0n) is 32.3. The number of benzene rings is 7. The van der Waals surface area contributed by atoms with E-state index < -0.39 is 0 Å². The molecule has 0 bridgehead atoms. The maximum Gasteiger partial charge on any atom is 0.0490 e. The Labute approximate surface area is 322 Å². The Morgan fingerprint density at radius 2 is 0.704 bits per heavy atom. The molecule has 0 saturated heterocycles. The summed E-state index contributed by atoms with van der Waals surface area (Å²) in [5, 5.41) is 0. The molecule has 7 aromatic carbocycles. The van der Waals surface area contributed by atoms with Crippen LogP contribution in [-0.4, -0.2) is 0 Å². The van der Waals surface area contributed by atoms with Crippen LogP contribution in [0.4, 0.5) is 17.1 Å². The van der Waals surface area contributed by atoms with Gasteiger partial charge in [0.2, 0.25) is 0 Å². The first-order valence-electron chi connectivity index (χ1n) is 18.9. The molecule has 0 aliphatic rings. The highest BCUT2D eigenvalue weighted by atomic mass is 15.1. The van der Waals surface area contributed by atoms with Gasteiger partial charge in [-0.25, -0.2) is 0 Å². The van der Waals surface area contributed by atoms with Gasteiger partial charge in [0.05, 0.1) is 0 Å². The average molecular weight is 700 g/mol. The molecule has 266 valence electrons. The van der Waals surface area contributed by atoms with Crippen LogP contribution in [0.2, 0.25) is 0 Å². The van der Waals surface area contributed by atoms with Gasteiger partial charge >= 0.3 is 0 Å². The van der Waals surface area contributed by atoms with Crippen LogP contribution in [0.25, 0.3) is 24.3 Å². The predicted molar refractivity (Wildman–Crippen MR) is 234 cm³/mol. The van der Waals surface area contributed by atoms with Crippen molar-refractivity contribution in [3.8, 4) is 0 Å². The molecule has 0 heterocycles. The molecule has 0 aliphatic heterocycles. The summed E-state index contributed by atoms with van der Waals surface area (Å²) in [5.74, 6) is 0.194. The van der Waals surface area contributed by atoms with Crippen LogP contribution >= 0.6 is 0 Å². The van der Waals surface area contributed by atoms with Crippen LogP contribution in [0.5, 0.6) is 0 Å². The van der Waals surface area contributed by atoms with Crippen molar-refractivity contribution < 1.29 is 0 Å². The fourth-order valence-corrected chi connectivity index (χ4v) is 7.27. The van der Waals surface area contributed by atoms with Crippen LogP contribution in [0.3, 0.4) is 0 Å². The number of anilines is 3. The molecule has 0 fully saturated rings. The molecule has 0 aromatic heterocycles. The van der Waals surface area contributed by atoms with Gasteiger partial charge in [-0.15, -0.1) is 0 Å². The third kappa shape index (κ3) is 8.54. The van der Waals surface area contributed by atoms with E-state index in [9.17, 15) is 0 Å². The second kappa shape index (κ2) is 16.2. The molecule has 0 N–H and O–H groups in total. The van der Waals surface area contributed by atoms with Crippen LogP contribution in [0.15, 0.2) is 158 Å². The molecule has 7 aromatic rings. The molecule has 0 spiro atoms. The van der Waals surface area contributed by atoms with Crippen molar-refractivity contribution in [3.63, 3.8) is 0 Å². The van der Waals surface area contributed by atoms with Crippen molar-refractivity contribution in [2.45, 2.75) is 47.5 Å². The Morgan fingerprint density at radius 3 is 1.17 bits per heavy atom. The molecule has 54 heavy (non-hydrogen) atoms. The first-order chi connectivity index (χ1) is 26.2. The van der Waals surface area contributed by atoms with Gasteiger partial charge in [-0.3, -0.25) is 0 Å². The smallest absolute Gasteiger partial charge is 0.0490 e. The van der Waals surface area contributed by atoms with E-state index in [-0.39, 0.29) is 5.92 Å². The Hall–Kier alpha value is -6.18. The van der Waals surface area contributed by atoms with Crippen molar-refractivity contribution in [3.05, 3.63) is 230 Å². The van der Waals surface area contributed by atoms with Gasteiger partial charge in [-0.2, -0.15) is 0 Å². The van der Waals surface area contributed by atoms with E-state index in [0.717, 1.165) is 16.9 Å². The molecule has 0 saturated carbocycles. The first kappa shape index (κ1) is 36.2. The van der Waals surface area contributed by atoms with Gasteiger partial charge < -0.3 is 4.90 Å². The highest BCUT2D eigenvalue weighted by Crippen LogP contribution is 2.38. The van der Waals surface area contributed by atoms with E-state index in [1.165, 1.54) is 72.4 Å². The summed E-state index contributed by atoms with van der Waals surface area (Å²) in [7, 11) is 0. The molecule has 0 radical (unpaired) electrons. The van der Waals surface area contributed by atoms with Crippen molar-refractivity contribution in [1.82, 2.24) is 0 Å². The zero-order chi connectivity index (χ0) is 37.6. The maximum atomic E-state index is 2.34. The molecule has 0 aliphatic carbocycles. The Morgan fingerprint density at radius 1 is 0.352 bits per heavy atom. The minimum absolute atomic E-state index is 0.194. The molecule has 1 atom stereocenters. The normalized spacial score (nSPS) is 12.0. The van der Waals surface area contributed by atoms with E-state index in [4.69, 9.17) is 0 Å². The summed E-state index contributed by atoms with van der Waals surface area (Å²) in [4.78, 5) is 2.34. The summed E-state index contributed by atoms with van der Waals surface area (Å²) >= 11 is 0. The summed E-state index contributed by atoms with van der Waals surface area (Å²) in [6, 6.07) is 57.8. The van der Waals surface area contributed by atoms with Crippen molar-refractivity contribution in [1.29, 1.82) is 0 Å². The number of hydrogen-bond donors (Lipinski definition) is 0. The van der Waals surface area contributed by atoms with E-state index >= 15 is 0 Å². The van der Waals surface area contributed by atoms with E-state index in [0.29, 0.717) is 0 Å². The van der Waals surface area contributed by atoms with Gasteiger partial charge in [0.1, 0.15) is 0 Å². The Bertz CT molecular complexity index is 2220. The highest BCUT2D eigenvalue weighted by molar-refractivity contribution is 5.80. The molecule has 0 amide bonds. The number of nitrogens with zero attached hydrogens (tertiary/aromatic N) is 1. The van der Waals surface area contributed by atoms with Crippen LogP contribution in [0.1, 0.15) is 78.2 Å². The SMILES string of the molecule is Cc1ccc(C(c2ccc(C=Cc3ccc(C=Cc4ccc(N(c5ccc(C)cc5)c5ccc(C)cc5C)cc4)cc3)cc2)c2ccc(C)cc2C)cc1. The number of hydrogen-bond acceptors (Lipinski definition) is 1. The summed E-state index contributed by atoms with van der Waals surface area (Å²) in [5.41, 5.74) is 19.9. The largest absolute Gasteiger partial charge is 0.310 e. The fraction of sp³-hybridized carbons (Fsp3) is 0.132. The van der Waals surface area contributed by atoms with E-state index in [1.807, 2.05) is 0 Å². The molecule has 1 heteroatoms. The Balaban J connectivity index is 1.04.